The third-order valence-electron chi connectivity index (χ3n) is 4.35. The predicted octanol–water partition coefficient (Wildman–Crippen LogP) is 3.45. The van der Waals surface area contributed by atoms with E-state index in [0.717, 1.165) is 14.8 Å². The number of fused-ring (bicyclic) bond motifs is 1. The normalized spacial score (nSPS) is 18.0. The van der Waals surface area contributed by atoms with Gasteiger partial charge in [0.05, 0.1) is 11.6 Å². The maximum absolute atomic E-state index is 13.0. The van der Waals surface area contributed by atoms with E-state index in [1.54, 1.807) is 0 Å². The van der Waals surface area contributed by atoms with Gasteiger partial charge in [-0.3, -0.25) is 4.79 Å². The molecule has 2 heterocycles. The Morgan fingerprint density at radius 2 is 1.93 bits per heavy atom. The van der Waals surface area contributed by atoms with Gasteiger partial charge in [-0.05, 0) is 83.7 Å². The monoisotopic (exact) mass is 493 g/mol. The number of hydrogen-bond donors (Lipinski definition) is 3. The first-order valence-corrected chi connectivity index (χ1v) is 9.75. The molecule has 138 valence electrons. The first-order valence-electron chi connectivity index (χ1n) is 8.26. The van der Waals surface area contributed by atoms with Crippen molar-refractivity contribution in [2.45, 2.75) is 13.0 Å². The molecular weight excluding hydrogens is 477 g/mol. The Balaban J connectivity index is 1.67. The van der Waals surface area contributed by atoms with Crippen molar-refractivity contribution < 1.29 is 14.3 Å². The summed E-state index contributed by atoms with van der Waals surface area (Å²) in [5.41, 5.74) is 2.89. The fraction of sp³-hybridized carbons (Fsp3) is 0.158. The highest BCUT2D eigenvalue weighted by molar-refractivity contribution is 14.1. The Morgan fingerprint density at radius 3 is 2.70 bits per heavy atom. The van der Waals surface area contributed by atoms with Crippen molar-refractivity contribution in [2.24, 2.45) is 0 Å². The van der Waals surface area contributed by atoms with Crippen LogP contribution in [-0.2, 0) is 4.79 Å². The number of ether oxygens (including phenoxy) is 2. The van der Waals surface area contributed by atoms with Crippen molar-refractivity contribution in [2.75, 3.05) is 12.1 Å². The smallest absolute Gasteiger partial charge is 0.255 e. The van der Waals surface area contributed by atoms with Crippen LogP contribution < -0.4 is 25.4 Å². The molecule has 0 saturated carbocycles. The lowest BCUT2D eigenvalue weighted by molar-refractivity contribution is -0.113. The summed E-state index contributed by atoms with van der Waals surface area (Å²) in [6, 6.07) is 12.9. The standard InChI is InChI=1S/C19H16IN3O3S/c1-10-16(18(24)22-13-5-3-12(20)4-6-13)17(23-19(27)21-10)11-2-7-14-15(8-11)26-9-25-14/h2-8,17H,9H2,1H3,(H,22,24)(H2,21,23,27). The second kappa shape index (κ2) is 7.35. The molecule has 27 heavy (non-hydrogen) atoms. The Hall–Kier alpha value is -2.33. The van der Waals surface area contributed by atoms with Gasteiger partial charge in [0, 0.05) is 15.0 Å². The molecule has 4 rings (SSSR count). The topological polar surface area (TPSA) is 71.6 Å². The van der Waals surface area contributed by atoms with Gasteiger partial charge in [0.1, 0.15) is 0 Å². The predicted molar refractivity (Wildman–Crippen MR) is 115 cm³/mol. The molecule has 0 saturated heterocycles. The molecule has 2 aromatic carbocycles. The van der Waals surface area contributed by atoms with Crippen LogP contribution in [0.3, 0.4) is 0 Å². The lowest BCUT2D eigenvalue weighted by Crippen LogP contribution is -2.45. The van der Waals surface area contributed by atoms with Gasteiger partial charge < -0.3 is 25.4 Å². The number of allylic oxidation sites excluding steroid dienone is 1. The molecule has 2 aliphatic rings. The van der Waals surface area contributed by atoms with Crippen molar-refractivity contribution in [1.29, 1.82) is 0 Å². The Kier molecular flexibility index (Phi) is 4.92. The van der Waals surface area contributed by atoms with Crippen molar-refractivity contribution in [3.63, 3.8) is 0 Å². The minimum atomic E-state index is -0.392. The van der Waals surface area contributed by atoms with Crippen LogP contribution in [0.25, 0.3) is 0 Å². The number of carbonyl (C=O) groups excluding carboxylic acids is 1. The molecule has 1 amide bonds. The van der Waals surface area contributed by atoms with Crippen LogP contribution in [0.15, 0.2) is 53.7 Å². The zero-order valence-electron chi connectivity index (χ0n) is 14.3. The summed E-state index contributed by atoms with van der Waals surface area (Å²) < 4.78 is 11.9. The van der Waals surface area contributed by atoms with Gasteiger partial charge in [-0.15, -0.1) is 0 Å². The summed E-state index contributed by atoms with van der Waals surface area (Å²) in [5.74, 6) is 1.16. The van der Waals surface area contributed by atoms with Crippen LogP contribution in [0.5, 0.6) is 11.5 Å². The van der Waals surface area contributed by atoms with Gasteiger partial charge in [-0.2, -0.15) is 0 Å². The highest BCUT2D eigenvalue weighted by atomic mass is 127. The molecule has 2 aromatic rings. The van der Waals surface area contributed by atoms with E-state index in [1.807, 2.05) is 49.4 Å². The number of carbonyl (C=O) groups is 1. The maximum atomic E-state index is 13.0. The summed E-state index contributed by atoms with van der Waals surface area (Å²) in [5, 5.41) is 9.65. The number of anilines is 1. The third kappa shape index (κ3) is 3.72. The molecule has 0 aromatic heterocycles. The minimum absolute atomic E-state index is 0.195. The van der Waals surface area contributed by atoms with E-state index in [-0.39, 0.29) is 12.7 Å². The lowest BCUT2D eigenvalue weighted by Gasteiger charge is -2.30. The average Bonchev–Trinajstić information content (AvgIpc) is 3.10. The largest absolute Gasteiger partial charge is 0.454 e. The molecule has 0 spiro atoms. The van der Waals surface area contributed by atoms with E-state index in [1.165, 1.54) is 0 Å². The number of thiocarbonyl (C=S) groups is 1. The van der Waals surface area contributed by atoms with Gasteiger partial charge in [0.15, 0.2) is 16.6 Å². The molecule has 2 aliphatic heterocycles. The van der Waals surface area contributed by atoms with Gasteiger partial charge >= 0.3 is 0 Å². The zero-order valence-corrected chi connectivity index (χ0v) is 17.3. The highest BCUT2D eigenvalue weighted by Crippen LogP contribution is 2.37. The van der Waals surface area contributed by atoms with E-state index < -0.39 is 6.04 Å². The first kappa shape index (κ1) is 18.1. The minimum Gasteiger partial charge on any atom is -0.454 e. The summed E-state index contributed by atoms with van der Waals surface area (Å²) in [7, 11) is 0. The van der Waals surface area contributed by atoms with E-state index in [2.05, 4.69) is 38.5 Å². The van der Waals surface area contributed by atoms with Crippen molar-refractivity contribution in [3.05, 3.63) is 62.9 Å². The molecule has 1 atom stereocenters. The Labute approximate surface area is 175 Å². The van der Waals surface area contributed by atoms with Crippen LogP contribution in [0.4, 0.5) is 5.69 Å². The molecule has 6 nitrogen and oxygen atoms in total. The highest BCUT2D eigenvalue weighted by Gasteiger charge is 2.31. The van der Waals surface area contributed by atoms with Gasteiger partial charge in [-0.1, -0.05) is 6.07 Å². The van der Waals surface area contributed by atoms with E-state index in [9.17, 15) is 4.79 Å². The van der Waals surface area contributed by atoms with Crippen LogP contribution in [-0.4, -0.2) is 17.8 Å². The molecule has 1 unspecified atom stereocenters. The number of halogens is 1. The van der Waals surface area contributed by atoms with Crippen LogP contribution >= 0.6 is 34.8 Å². The van der Waals surface area contributed by atoms with Crippen LogP contribution in [0, 0.1) is 3.57 Å². The number of benzene rings is 2. The maximum Gasteiger partial charge on any atom is 0.255 e. The summed E-state index contributed by atoms with van der Waals surface area (Å²) in [6.45, 7) is 2.04. The van der Waals surface area contributed by atoms with Gasteiger partial charge in [0.25, 0.3) is 5.91 Å². The third-order valence-corrected chi connectivity index (χ3v) is 5.28. The second-order valence-corrected chi connectivity index (χ2v) is 7.80. The molecule has 0 radical (unpaired) electrons. The quantitative estimate of drug-likeness (QED) is 0.450. The summed E-state index contributed by atoms with van der Waals surface area (Å²) >= 11 is 7.52. The Morgan fingerprint density at radius 1 is 1.19 bits per heavy atom. The second-order valence-electron chi connectivity index (χ2n) is 6.14. The first-order chi connectivity index (χ1) is 13.0. The van der Waals surface area contributed by atoms with Crippen molar-refractivity contribution in [1.82, 2.24) is 10.6 Å². The fourth-order valence-corrected chi connectivity index (χ4v) is 3.70. The SMILES string of the molecule is CC1=C(C(=O)Nc2ccc(I)cc2)C(c2ccc3c(c2)OCO3)NC(=S)N1. The molecule has 8 heteroatoms. The van der Waals surface area contributed by atoms with E-state index in [4.69, 9.17) is 21.7 Å². The number of nitrogens with one attached hydrogen (secondary N) is 3. The van der Waals surface area contributed by atoms with Crippen molar-refractivity contribution in [3.8, 4) is 11.5 Å². The number of rotatable bonds is 3. The molecule has 3 N–H and O–H groups in total. The van der Waals surface area contributed by atoms with Crippen LogP contribution in [0.1, 0.15) is 18.5 Å². The lowest BCUT2D eigenvalue weighted by atomic mass is 9.94. The summed E-state index contributed by atoms with van der Waals surface area (Å²) in [6.07, 6.45) is 0. The summed E-state index contributed by atoms with van der Waals surface area (Å²) in [4.78, 5) is 13.0. The average molecular weight is 493 g/mol. The van der Waals surface area contributed by atoms with Gasteiger partial charge in [-0.25, -0.2) is 0 Å². The molecule has 0 aliphatic carbocycles. The fourth-order valence-electron chi connectivity index (χ4n) is 3.07. The van der Waals surface area contributed by atoms with E-state index >= 15 is 0 Å². The number of amides is 1. The molecular formula is C19H16IN3O3S. The van der Waals surface area contributed by atoms with Gasteiger partial charge in [0.2, 0.25) is 6.79 Å². The van der Waals surface area contributed by atoms with Crippen LogP contribution in [0.2, 0.25) is 0 Å². The zero-order chi connectivity index (χ0) is 19.0. The Bertz CT molecular complexity index is 959. The molecule has 0 fully saturated rings. The van der Waals surface area contributed by atoms with E-state index in [0.29, 0.717) is 27.9 Å². The van der Waals surface area contributed by atoms with Crippen molar-refractivity contribution >= 4 is 51.5 Å². The number of hydrogen-bond acceptors (Lipinski definition) is 4. The molecule has 0 bridgehead atoms.